The molecule has 0 spiro atoms. The van der Waals surface area contributed by atoms with Crippen molar-refractivity contribution in [2.24, 2.45) is 0 Å². The van der Waals surface area contributed by atoms with Crippen LogP contribution in [-0.4, -0.2) is 4.57 Å². The SMILES string of the molecule is c1ccc2c3ccccc3n(-c3ccccc3C3=CC=C(N(c4ccc(-c5ccc6oc7ccccc7c6c5)cc4)c4ccccc4-c4cccc5oc6c7ccccc7ccc6c45)CC3)c2c#1. The average Bonchev–Trinajstić information content (AvgIpc) is 4.09. The quantitative estimate of drug-likeness (QED) is 0.160. The van der Waals surface area contributed by atoms with E-state index >= 15 is 0 Å². The van der Waals surface area contributed by atoms with Gasteiger partial charge in [-0.1, -0.05) is 146 Å². The summed E-state index contributed by atoms with van der Waals surface area (Å²) in [4.78, 5) is 2.47. The standard InChI is InChI=1S/C64H40N2O2/c1-2-16-48-42(14-1)32-38-54-63-53(21-13-27-62(63)68-64(48)54)51-19-6-9-23-57(51)65(45-34-28-41(29-35-45)44-33-39-61-55(40-44)52-20-7-12-26-60(52)67-61)46-36-30-43(31-37-46)47-15-3-8-22-56(47)66-58-24-10-4-17-49(58)50-18-5-11-25-59(50)66/h1-10,12-24,26-30,32-36,38-40H,31,37H2. The Hall–Kier alpha value is -9.04. The maximum atomic E-state index is 6.72. The molecule has 10 aromatic carbocycles. The van der Waals surface area contributed by atoms with E-state index in [2.05, 4.69) is 222 Å². The number of rotatable bonds is 7. The first kappa shape index (κ1) is 38.3. The molecular formula is C64H40N2O2. The molecule has 1 aliphatic rings. The van der Waals surface area contributed by atoms with Gasteiger partial charge in [-0.3, -0.25) is 0 Å². The summed E-state index contributed by atoms with van der Waals surface area (Å²) < 4.78 is 15.3. The lowest BCUT2D eigenvalue weighted by molar-refractivity contribution is 0.669. The highest BCUT2D eigenvalue weighted by molar-refractivity contribution is 6.20. The molecule has 0 saturated carbocycles. The molecule has 3 aromatic heterocycles. The molecule has 0 N–H and O–H groups in total. The molecule has 14 rings (SSSR count). The van der Waals surface area contributed by atoms with Crippen LogP contribution in [0, 0.1) is 12.1 Å². The summed E-state index contributed by atoms with van der Waals surface area (Å²) in [6.45, 7) is 0. The minimum Gasteiger partial charge on any atom is -0.456 e. The lowest BCUT2D eigenvalue weighted by Gasteiger charge is -2.32. The first-order chi connectivity index (χ1) is 33.7. The first-order valence-corrected chi connectivity index (χ1v) is 23.3. The number of anilines is 2. The Bertz CT molecular complexity index is 4160. The van der Waals surface area contributed by atoms with Crippen LogP contribution < -0.4 is 4.90 Å². The van der Waals surface area contributed by atoms with Gasteiger partial charge in [0.1, 0.15) is 27.8 Å². The molecular weight excluding hydrogens is 829 g/mol. The van der Waals surface area contributed by atoms with E-state index in [9.17, 15) is 0 Å². The van der Waals surface area contributed by atoms with Crippen molar-refractivity contribution in [1.82, 2.24) is 4.57 Å². The summed E-state index contributed by atoms with van der Waals surface area (Å²) in [5.74, 6) is 0. The molecule has 0 fully saturated rings. The number of nitrogens with zero attached hydrogens (tertiary/aromatic N) is 2. The van der Waals surface area contributed by atoms with E-state index in [1.54, 1.807) is 0 Å². The fourth-order valence-electron chi connectivity index (χ4n) is 10.9. The minimum atomic E-state index is 0.832. The molecule has 4 heteroatoms. The highest BCUT2D eigenvalue weighted by Gasteiger charge is 2.25. The van der Waals surface area contributed by atoms with Crippen LogP contribution in [0.15, 0.2) is 233 Å². The largest absolute Gasteiger partial charge is 0.456 e. The predicted molar refractivity (Wildman–Crippen MR) is 282 cm³/mol. The van der Waals surface area contributed by atoms with Gasteiger partial charge in [-0.05, 0) is 125 Å². The van der Waals surface area contributed by atoms with Crippen molar-refractivity contribution in [3.63, 3.8) is 0 Å². The van der Waals surface area contributed by atoms with E-state index in [0.29, 0.717) is 0 Å². The van der Waals surface area contributed by atoms with E-state index in [4.69, 9.17) is 8.83 Å². The van der Waals surface area contributed by atoms with Crippen LogP contribution in [0.4, 0.5) is 11.4 Å². The fraction of sp³-hybridized carbons (Fsp3) is 0.0312. The number of fused-ring (bicyclic) bond motifs is 11. The fourth-order valence-corrected chi connectivity index (χ4v) is 10.9. The molecule has 0 saturated heterocycles. The summed E-state index contributed by atoms with van der Waals surface area (Å²) >= 11 is 0. The zero-order valence-corrected chi connectivity index (χ0v) is 36.9. The van der Waals surface area contributed by atoms with Gasteiger partial charge in [-0.15, -0.1) is 0 Å². The normalized spacial score (nSPS) is 12.9. The van der Waals surface area contributed by atoms with Crippen molar-refractivity contribution in [1.29, 1.82) is 0 Å². The zero-order chi connectivity index (χ0) is 44.7. The highest BCUT2D eigenvalue weighted by Crippen LogP contribution is 2.47. The highest BCUT2D eigenvalue weighted by atomic mass is 16.3. The first-order valence-electron chi connectivity index (χ1n) is 23.3. The molecule has 4 nitrogen and oxygen atoms in total. The zero-order valence-electron chi connectivity index (χ0n) is 36.9. The smallest absolute Gasteiger partial charge is 0.143 e. The van der Waals surface area contributed by atoms with E-state index in [1.807, 2.05) is 18.2 Å². The summed E-state index contributed by atoms with van der Waals surface area (Å²) in [5, 5.41) is 9.16. The number of furan rings is 2. The molecule has 3 heterocycles. The van der Waals surface area contributed by atoms with Gasteiger partial charge in [0.15, 0.2) is 0 Å². The third-order valence-corrected chi connectivity index (χ3v) is 14.0. The second-order valence-corrected chi connectivity index (χ2v) is 17.7. The second-order valence-electron chi connectivity index (χ2n) is 17.7. The Balaban J connectivity index is 0.924. The van der Waals surface area contributed by atoms with Gasteiger partial charge in [0.05, 0.1) is 16.9 Å². The number of aromatic nitrogens is 1. The van der Waals surface area contributed by atoms with Crippen molar-refractivity contribution in [2.75, 3.05) is 4.90 Å². The average molecular weight is 869 g/mol. The Morgan fingerprint density at radius 1 is 0.471 bits per heavy atom. The Morgan fingerprint density at radius 2 is 1.21 bits per heavy atom. The monoisotopic (exact) mass is 868 g/mol. The number of benzene rings is 9. The maximum Gasteiger partial charge on any atom is 0.143 e. The summed E-state index contributed by atoms with van der Waals surface area (Å²) in [6.07, 6.45) is 6.37. The lowest BCUT2D eigenvalue weighted by atomic mass is 9.92. The van der Waals surface area contributed by atoms with Crippen LogP contribution in [0.25, 0.3) is 110 Å². The van der Waals surface area contributed by atoms with Gasteiger partial charge in [0, 0.05) is 60.2 Å². The van der Waals surface area contributed by atoms with E-state index in [-0.39, 0.29) is 0 Å². The Labute approximate surface area is 392 Å². The molecule has 0 atom stereocenters. The van der Waals surface area contributed by atoms with Crippen LogP contribution in [0.5, 0.6) is 0 Å². The third kappa shape index (κ3) is 5.96. The van der Waals surface area contributed by atoms with Crippen LogP contribution in [0.3, 0.4) is 0 Å². The van der Waals surface area contributed by atoms with Gasteiger partial charge in [0.25, 0.3) is 0 Å². The van der Waals surface area contributed by atoms with Crippen LogP contribution >= 0.6 is 0 Å². The van der Waals surface area contributed by atoms with Crippen molar-refractivity contribution in [2.45, 2.75) is 12.8 Å². The Morgan fingerprint density at radius 3 is 2.10 bits per heavy atom. The van der Waals surface area contributed by atoms with E-state index < -0.39 is 0 Å². The number of hydrogen-bond acceptors (Lipinski definition) is 3. The van der Waals surface area contributed by atoms with Crippen LogP contribution in [0.1, 0.15) is 18.4 Å². The van der Waals surface area contributed by atoms with Gasteiger partial charge in [-0.2, -0.15) is 0 Å². The van der Waals surface area contributed by atoms with Crippen molar-refractivity contribution >= 4 is 93.4 Å². The Kier molecular flexibility index (Phi) is 8.59. The van der Waals surface area contributed by atoms with E-state index in [0.717, 1.165) is 112 Å². The third-order valence-electron chi connectivity index (χ3n) is 14.0. The van der Waals surface area contributed by atoms with Gasteiger partial charge < -0.3 is 18.3 Å². The molecule has 1 aliphatic carbocycles. The summed E-state index contributed by atoms with van der Waals surface area (Å²) in [5.41, 5.74) is 17.4. The van der Waals surface area contributed by atoms with Gasteiger partial charge in [-0.25, -0.2) is 0 Å². The molecule has 0 amide bonds. The van der Waals surface area contributed by atoms with Crippen molar-refractivity contribution in [3.8, 4) is 27.9 Å². The van der Waals surface area contributed by atoms with E-state index in [1.165, 1.54) is 33.0 Å². The summed E-state index contributed by atoms with van der Waals surface area (Å²) in [7, 11) is 0. The van der Waals surface area contributed by atoms with Gasteiger partial charge in [0.2, 0.25) is 0 Å². The topological polar surface area (TPSA) is 34.5 Å². The predicted octanol–water partition coefficient (Wildman–Crippen LogP) is 17.6. The summed E-state index contributed by atoms with van der Waals surface area (Å²) in [6, 6.07) is 80.3. The molecule has 0 unspecified atom stereocenters. The van der Waals surface area contributed by atoms with Gasteiger partial charge >= 0.3 is 0 Å². The van der Waals surface area contributed by atoms with Crippen molar-refractivity contribution < 1.29 is 8.83 Å². The van der Waals surface area contributed by atoms with Crippen molar-refractivity contribution in [3.05, 3.63) is 242 Å². The van der Waals surface area contributed by atoms with Crippen LogP contribution in [-0.2, 0) is 0 Å². The number of allylic oxidation sites excluding steroid dienone is 4. The maximum absolute atomic E-state index is 6.72. The number of para-hydroxylation sites is 4. The molecule has 0 bridgehead atoms. The molecule has 0 radical (unpaired) electrons. The molecule has 318 valence electrons. The number of hydrogen-bond donors (Lipinski definition) is 0. The lowest BCUT2D eigenvalue weighted by Crippen LogP contribution is -2.19. The second kappa shape index (κ2) is 15.3. The molecule has 68 heavy (non-hydrogen) atoms. The van der Waals surface area contributed by atoms with Crippen LogP contribution in [0.2, 0.25) is 0 Å². The minimum absolute atomic E-state index is 0.832. The molecule has 0 aliphatic heterocycles. The molecule has 13 aromatic rings.